The average Bonchev–Trinajstić information content (AvgIpc) is 2.35. The monoisotopic (exact) mass is 275 g/mol. The Morgan fingerprint density at radius 2 is 1.89 bits per heavy atom. The molecule has 0 saturated heterocycles. The lowest BCUT2D eigenvalue weighted by atomic mass is 10.1. The molecule has 6 heteroatoms. The summed E-state index contributed by atoms with van der Waals surface area (Å²) in [5.41, 5.74) is -0.239. The zero-order valence-electron chi connectivity index (χ0n) is 10.5. The highest BCUT2D eigenvalue weighted by Gasteiger charge is 2.29. The number of benzene rings is 1. The van der Waals surface area contributed by atoms with Gasteiger partial charge in [-0.1, -0.05) is 19.1 Å². The first kappa shape index (κ1) is 15.5. The van der Waals surface area contributed by atoms with Crippen molar-refractivity contribution < 1.29 is 23.1 Å². The fourth-order valence-electron chi connectivity index (χ4n) is 1.55. The van der Waals surface area contributed by atoms with E-state index in [1.54, 1.807) is 0 Å². The van der Waals surface area contributed by atoms with Crippen LogP contribution in [-0.4, -0.2) is 23.7 Å². The van der Waals surface area contributed by atoms with Gasteiger partial charge in [-0.15, -0.1) is 0 Å². The van der Waals surface area contributed by atoms with E-state index in [1.165, 1.54) is 12.1 Å². The average molecular weight is 275 g/mol. The van der Waals surface area contributed by atoms with Crippen LogP contribution in [0.3, 0.4) is 0 Å². The van der Waals surface area contributed by atoms with Crippen LogP contribution >= 0.6 is 0 Å². The van der Waals surface area contributed by atoms with Crippen molar-refractivity contribution in [3.05, 3.63) is 35.4 Å². The van der Waals surface area contributed by atoms with Gasteiger partial charge in [-0.3, -0.25) is 4.79 Å². The Balaban J connectivity index is 2.61. The van der Waals surface area contributed by atoms with E-state index < -0.39 is 11.7 Å². The number of nitrogens with one attached hydrogen (secondary N) is 1. The number of alkyl halides is 3. The van der Waals surface area contributed by atoms with E-state index in [0.717, 1.165) is 12.1 Å². The molecule has 0 unspecified atom stereocenters. The van der Waals surface area contributed by atoms with E-state index >= 15 is 0 Å². The molecule has 0 bridgehead atoms. The molecule has 1 aromatic carbocycles. The fraction of sp³-hybridized carbons (Fsp3) is 0.462. The van der Waals surface area contributed by atoms with Crippen molar-refractivity contribution in [1.29, 1.82) is 0 Å². The third-order valence-corrected chi connectivity index (χ3v) is 2.72. The molecule has 106 valence electrons. The predicted octanol–water partition coefficient (Wildman–Crippen LogP) is 2.13. The highest BCUT2D eigenvalue weighted by Crippen LogP contribution is 2.29. The molecule has 0 heterocycles. The highest BCUT2D eigenvalue weighted by atomic mass is 19.4. The van der Waals surface area contributed by atoms with Crippen LogP contribution in [0.15, 0.2) is 24.3 Å². The second-order valence-electron chi connectivity index (χ2n) is 4.23. The summed E-state index contributed by atoms with van der Waals surface area (Å²) in [5.74, 6) is -0.319. The van der Waals surface area contributed by atoms with Gasteiger partial charge in [-0.05, 0) is 24.1 Å². The van der Waals surface area contributed by atoms with Gasteiger partial charge < -0.3 is 10.4 Å². The van der Waals surface area contributed by atoms with Crippen LogP contribution in [0.5, 0.6) is 0 Å². The zero-order valence-corrected chi connectivity index (χ0v) is 10.5. The number of rotatable bonds is 5. The summed E-state index contributed by atoms with van der Waals surface area (Å²) in [7, 11) is 0. The number of halogens is 3. The largest absolute Gasteiger partial charge is 0.416 e. The Labute approximate surface area is 109 Å². The van der Waals surface area contributed by atoms with Crippen LogP contribution in [0.2, 0.25) is 0 Å². The summed E-state index contributed by atoms with van der Waals surface area (Å²) < 4.78 is 37.0. The van der Waals surface area contributed by atoms with Crippen molar-refractivity contribution >= 4 is 5.91 Å². The number of amides is 1. The number of aliphatic hydroxyl groups excluding tert-OH is 1. The van der Waals surface area contributed by atoms with Crippen molar-refractivity contribution in [2.24, 2.45) is 0 Å². The molecule has 1 amide bonds. The van der Waals surface area contributed by atoms with Gasteiger partial charge in [0.1, 0.15) is 0 Å². The molecule has 0 fully saturated rings. The van der Waals surface area contributed by atoms with Crippen LogP contribution in [0.25, 0.3) is 0 Å². The molecule has 0 aliphatic heterocycles. The second-order valence-corrected chi connectivity index (χ2v) is 4.23. The minimum absolute atomic E-state index is 0.00532. The van der Waals surface area contributed by atoms with E-state index in [4.69, 9.17) is 5.11 Å². The number of hydrogen-bond acceptors (Lipinski definition) is 2. The van der Waals surface area contributed by atoms with Crippen LogP contribution in [0.4, 0.5) is 13.2 Å². The van der Waals surface area contributed by atoms with Crippen LogP contribution in [0.1, 0.15) is 24.5 Å². The molecule has 1 rings (SSSR count). The summed E-state index contributed by atoms with van der Waals surface area (Å²) in [4.78, 5) is 11.6. The van der Waals surface area contributed by atoms with E-state index in [0.29, 0.717) is 12.0 Å². The maximum Gasteiger partial charge on any atom is 0.416 e. The highest BCUT2D eigenvalue weighted by molar-refractivity contribution is 5.78. The normalized spacial score (nSPS) is 13.1. The Hall–Kier alpha value is -1.56. The van der Waals surface area contributed by atoms with Crippen molar-refractivity contribution in [3.8, 4) is 0 Å². The lowest BCUT2D eigenvalue weighted by Gasteiger charge is -2.14. The van der Waals surface area contributed by atoms with Crippen molar-refractivity contribution in [2.45, 2.75) is 32.0 Å². The summed E-state index contributed by atoms with van der Waals surface area (Å²) in [6, 6.07) is 4.14. The summed E-state index contributed by atoms with van der Waals surface area (Å²) in [6.45, 7) is 1.66. The number of aliphatic hydroxyl groups is 1. The molecule has 0 spiro atoms. The van der Waals surface area contributed by atoms with Gasteiger partial charge in [-0.25, -0.2) is 0 Å². The van der Waals surface area contributed by atoms with Gasteiger partial charge in [0.25, 0.3) is 0 Å². The first-order valence-electron chi connectivity index (χ1n) is 5.93. The van der Waals surface area contributed by atoms with Gasteiger partial charge in [0, 0.05) is 0 Å². The quantitative estimate of drug-likeness (QED) is 0.865. The van der Waals surface area contributed by atoms with Gasteiger partial charge in [0.2, 0.25) is 5.91 Å². The van der Waals surface area contributed by atoms with Crippen LogP contribution in [0, 0.1) is 0 Å². The van der Waals surface area contributed by atoms with Gasteiger partial charge in [0.15, 0.2) is 0 Å². The third-order valence-electron chi connectivity index (χ3n) is 2.72. The Morgan fingerprint density at radius 1 is 1.32 bits per heavy atom. The molecular formula is C13H16F3NO2. The van der Waals surface area contributed by atoms with E-state index in [9.17, 15) is 18.0 Å². The number of hydrogen-bond donors (Lipinski definition) is 2. The first-order chi connectivity index (χ1) is 8.86. The lowest BCUT2D eigenvalue weighted by molar-refractivity contribution is -0.137. The third kappa shape index (κ3) is 4.90. The molecule has 1 atom stereocenters. The van der Waals surface area contributed by atoms with Crippen molar-refractivity contribution in [2.75, 3.05) is 6.61 Å². The Bertz CT molecular complexity index is 411. The van der Waals surface area contributed by atoms with Gasteiger partial charge in [0.05, 0.1) is 24.6 Å². The van der Waals surface area contributed by atoms with Crippen LogP contribution < -0.4 is 5.32 Å². The SMILES string of the molecule is CC[C@@H](CO)NC(=O)Cc1ccc(C(F)(F)F)cc1. The van der Waals surface area contributed by atoms with Crippen molar-refractivity contribution in [1.82, 2.24) is 5.32 Å². The first-order valence-corrected chi connectivity index (χ1v) is 5.93. The molecule has 2 N–H and O–H groups in total. The minimum Gasteiger partial charge on any atom is -0.394 e. The lowest BCUT2D eigenvalue weighted by Crippen LogP contribution is -2.37. The smallest absolute Gasteiger partial charge is 0.394 e. The minimum atomic E-state index is -4.37. The van der Waals surface area contributed by atoms with E-state index in [-0.39, 0.29) is 25.0 Å². The predicted molar refractivity (Wildman–Crippen MR) is 64.5 cm³/mol. The second kappa shape index (κ2) is 6.56. The fourth-order valence-corrected chi connectivity index (χ4v) is 1.55. The number of carbonyl (C=O) groups is 1. The Morgan fingerprint density at radius 3 is 2.32 bits per heavy atom. The topological polar surface area (TPSA) is 49.3 Å². The van der Waals surface area contributed by atoms with Gasteiger partial charge in [-0.2, -0.15) is 13.2 Å². The summed E-state index contributed by atoms with van der Waals surface area (Å²) >= 11 is 0. The molecular weight excluding hydrogens is 259 g/mol. The molecule has 0 saturated carbocycles. The molecule has 0 aromatic heterocycles. The zero-order chi connectivity index (χ0) is 14.5. The molecule has 19 heavy (non-hydrogen) atoms. The Kier molecular flexibility index (Phi) is 5.35. The summed E-state index contributed by atoms with van der Waals surface area (Å²) in [5, 5.41) is 11.5. The number of carbonyl (C=O) groups excluding carboxylic acids is 1. The standard InChI is InChI=1S/C13H16F3NO2/c1-2-11(8-18)17-12(19)7-9-3-5-10(6-4-9)13(14,15)16/h3-6,11,18H,2,7-8H2,1H3,(H,17,19)/t11-/m0/s1. The molecule has 0 aliphatic rings. The van der Waals surface area contributed by atoms with Crippen LogP contribution in [-0.2, 0) is 17.4 Å². The molecule has 1 aromatic rings. The molecule has 0 radical (unpaired) electrons. The van der Waals surface area contributed by atoms with E-state index in [1.807, 2.05) is 6.92 Å². The van der Waals surface area contributed by atoms with Gasteiger partial charge >= 0.3 is 6.18 Å². The molecule has 0 aliphatic carbocycles. The van der Waals surface area contributed by atoms with E-state index in [2.05, 4.69) is 5.32 Å². The van der Waals surface area contributed by atoms with Crippen molar-refractivity contribution in [3.63, 3.8) is 0 Å². The maximum absolute atomic E-state index is 12.3. The maximum atomic E-state index is 12.3. The molecule has 3 nitrogen and oxygen atoms in total. The summed E-state index contributed by atoms with van der Waals surface area (Å²) in [6.07, 6.45) is -3.78.